The van der Waals surface area contributed by atoms with Gasteiger partial charge >= 0.3 is 11.9 Å². The zero-order valence-corrected chi connectivity index (χ0v) is 35.5. The lowest BCUT2D eigenvalue weighted by atomic mass is 9.83. The highest BCUT2D eigenvalue weighted by atomic mass is 28.4. The van der Waals surface area contributed by atoms with E-state index in [0.717, 1.165) is 44.9 Å². The minimum atomic E-state index is -2.54. The number of benzene rings is 1. The Balaban J connectivity index is 2.13. The van der Waals surface area contributed by atoms with Crippen LogP contribution in [-0.2, 0) is 34.7 Å². The fourth-order valence-electron chi connectivity index (χ4n) is 6.30. The van der Waals surface area contributed by atoms with E-state index in [0.29, 0.717) is 30.9 Å². The van der Waals surface area contributed by atoms with Crippen LogP contribution >= 0.6 is 0 Å². The molecule has 1 aliphatic rings. The van der Waals surface area contributed by atoms with Crippen molar-refractivity contribution >= 4 is 26.2 Å². The minimum absolute atomic E-state index is 0.0667. The molecule has 1 fully saturated rings. The van der Waals surface area contributed by atoms with Crippen LogP contribution in [0.3, 0.4) is 0 Å². The largest absolute Gasteiger partial charge is 0.481 e. The Morgan fingerprint density at radius 3 is 2.11 bits per heavy atom. The molecule has 1 aliphatic heterocycles. The maximum absolute atomic E-state index is 13.9. The Labute approximate surface area is 331 Å². The molecule has 0 aromatic heterocycles. The summed E-state index contributed by atoms with van der Waals surface area (Å²) in [5.41, 5.74) is -1.92. The predicted molar refractivity (Wildman–Crippen MR) is 217 cm³/mol. The van der Waals surface area contributed by atoms with Gasteiger partial charge in [-0.2, -0.15) is 0 Å². The van der Waals surface area contributed by atoms with E-state index in [-0.39, 0.29) is 31.1 Å². The third-order valence-corrected chi connectivity index (χ3v) is 15.4. The van der Waals surface area contributed by atoms with Gasteiger partial charge in [0, 0.05) is 32.3 Å². The molecule has 0 radical (unpaired) electrons. The van der Waals surface area contributed by atoms with Crippen molar-refractivity contribution in [3.05, 3.63) is 42.0 Å². The first-order valence-corrected chi connectivity index (χ1v) is 23.1. The topological polar surface area (TPSA) is 161 Å². The van der Waals surface area contributed by atoms with Gasteiger partial charge in [0.25, 0.3) is 0 Å². The molecule has 12 heteroatoms. The molecule has 1 saturated heterocycles. The van der Waals surface area contributed by atoms with E-state index in [1.807, 2.05) is 13.1 Å². The quantitative estimate of drug-likeness (QED) is 0.0297. The van der Waals surface area contributed by atoms with Crippen molar-refractivity contribution in [1.29, 1.82) is 0 Å². The molecule has 1 aromatic carbocycles. The number of carbonyl (C=O) groups excluding carboxylic acids is 1. The highest BCUT2D eigenvalue weighted by molar-refractivity contribution is 6.74. The standard InChI is InChI=1S/C43H69NO10Si/c1-8-10-12-16-19-26-42(52-31-32-53-42)27-20-17-14-13-15-18-21-36(43(50,40(48)49)28-30-54-55(6,7)41(3,4)5)38(45)44-37(39(46)47)33-34-22-24-35(25-23-34)51-29-11-9-2/h18,21-25,36-37,50H,8,10,12-17,19-20,26-33H2,1-7H3,(H,44,45)(H,46,47)(H,48,49)/t36-,37+,43+/m1/s1. The van der Waals surface area contributed by atoms with E-state index in [2.05, 4.69) is 44.9 Å². The number of unbranched alkanes of at least 4 members (excludes halogenated alkanes) is 8. The summed E-state index contributed by atoms with van der Waals surface area (Å²) in [6, 6.07) is 5.39. The number of aliphatic hydroxyl groups is 1. The van der Waals surface area contributed by atoms with Crippen LogP contribution in [-0.4, -0.2) is 85.3 Å². The number of carboxylic acids is 2. The smallest absolute Gasteiger partial charge is 0.336 e. The van der Waals surface area contributed by atoms with Crippen molar-refractivity contribution in [1.82, 2.24) is 5.32 Å². The van der Waals surface area contributed by atoms with Gasteiger partial charge in [-0.15, -0.1) is 5.92 Å². The molecule has 310 valence electrons. The van der Waals surface area contributed by atoms with Gasteiger partial charge < -0.3 is 39.3 Å². The van der Waals surface area contributed by atoms with Crippen LogP contribution < -0.4 is 10.1 Å². The number of allylic oxidation sites excluding steroid dienone is 1. The summed E-state index contributed by atoms with van der Waals surface area (Å²) in [5, 5.41) is 34.5. The number of aliphatic carboxylic acids is 2. The number of ether oxygens (including phenoxy) is 3. The monoisotopic (exact) mass is 787 g/mol. The molecule has 0 aliphatic carbocycles. The highest BCUT2D eigenvalue weighted by Crippen LogP contribution is 2.37. The lowest BCUT2D eigenvalue weighted by molar-refractivity contribution is -0.168. The summed E-state index contributed by atoms with van der Waals surface area (Å²) in [7, 11) is -2.30. The molecule has 1 amide bonds. The molecule has 55 heavy (non-hydrogen) atoms. The SMILES string of the molecule is CC#CCOc1ccc(C[C@H](NC(=O)[C@@H](C=CCCCCCCC2(CCCCCCC)OCCO2)[C@@](O)(CCO[Si](C)(C)C(C)(C)C)C(=O)O)C(=O)O)cc1. The van der Waals surface area contributed by atoms with Gasteiger partial charge in [0.2, 0.25) is 5.91 Å². The van der Waals surface area contributed by atoms with Gasteiger partial charge in [-0.1, -0.05) is 96.4 Å². The van der Waals surface area contributed by atoms with E-state index >= 15 is 0 Å². The number of hydrogen-bond acceptors (Lipinski definition) is 8. The molecule has 3 atom stereocenters. The Morgan fingerprint density at radius 1 is 0.964 bits per heavy atom. The summed E-state index contributed by atoms with van der Waals surface area (Å²) in [6.07, 6.45) is 14.6. The van der Waals surface area contributed by atoms with E-state index in [4.69, 9.17) is 18.6 Å². The second-order valence-electron chi connectivity index (χ2n) is 16.2. The number of rotatable bonds is 27. The van der Waals surface area contributed by atoms with Gasteiger partial charge in [0.1, 0.15) is 18.4 Å². The van der Waals surface area contributed by atoms with Crippen molar-refractivity contribution in [3.63, 3.8) is 0 Å². The van der Waals surface area contributed by atoms with Gasteiger partial charge in [-0.25, -0.2) is 9.59 Å². The average molecular weight is 788 g/mol. The van der Waals surface area contributed by atoms with Gasteiger partial charge in [-0.3, -0.25) is 4.79 Å². The predicted octanol–water partition coefficient (Wildman–Crippen LogP) is 8.04. The molecular formula is C43H69NO10Si. The van der Waals surface area contributed by atoms with Gasteiger partial charge in [0.15, 0.2) is 19.7 Å². The third-order valence-electron chi connectivity index (χ3n) is 10.9. The van der Waals surface area contributed by atoms with Crippen molar-refractivity contribution in [2.45, 2.75) is 160 Å². The molecule has 4 N–H and O–H groups in total. The summed E-state index contributed by atoms with van der Waals surface area (Å²) < 4.78 is 23.8. The average Bonchev–Trinajstić information content (AvgIpc) is 3.59. The van der Waals surface area contributed by atoms with Crippen LogP contribution in [0.2, 0.25) is 18.1 Å². The van der Waals surface area contributed by atoms with Crippen LogP contribution in [0.1, 0.15) is 124 Å². The number of amides is 1. The molecule has 11 nitrogen and oxygen atoms in total. The van der Waals surface area contributed by atoms with Crippen molar-refractivity contribution < 1.29 is 48.3 Å². The van der Waals surface area contributed by atoms with E-state index in [1.54, 1.807) is 37.3 Å². The van der Waals surface area contributed by atoms with Crippen LogP contribution in [0, 0.1) is 17.8 Å². The summed E-state index contributed by atoms with van der Waals surface area (Å²) in [5.74, 6) is 0.309. The fraction of sp³-hybridized carbons (Fsp3) is 0.698. The molecule has 0 saturated carbocycles. The van der Waals surface area contributed by atoms with Crippen LogP contribution in [0.15, 0.2) is 36.4 Å². The Bertz CT molecular complexity index is 1400. The van der Waals surface area contributed by atoms with Crippen LogP contribution in [0.4, 0.5) is 0 Å². The number of nitrogens with one attached hydrogen (secondary N) is 1. The normalized spacial score (nSPS) is 16.5. The number of carbonyl (C=O) groups is 3. The lowest BCUT2D eigenvalue weighted by Crippen LogP contribution is -2.55. The first-order chi connectivity index (χ1) is 26.0. The van der Waals surface area contributed by atoms with E-state index in [1.165, 1.54) is 31.8 Å². The molecule has 0 unspecified atom stereocenters. The summed E-state index contributed by atoms with van der Waals surface area (Å²) in [6.45, 7) is 15.5. The van der Waals surface area contributed by atoms with E-state index < -0.39 is 49.5 Å². The van der Waals surface area contributed by atoms with Gasteiger partial charge in [-0.05, 0) is 68.4 Å². The second kappa shape index (κ2) is 23.8. The Kier molecular flexibility index (Phi) is 20.7. The second-order valence-corrected chi connectivity index (χ2v) is 21.0. The summed E-state index contributed by atoms with van der Waals surface area (Å²) in [4.78, 5) is 39.0. The number of hydrogen-bond donors (Lipinski definition) is 4. The van der Waals surface area contributed by atoms with Crippen molar-refractivity contribution in [2.75, 3.05) is 26.4 Å². The molecule has 1 aromatic rings. The van der Waals surface area contributed by atoms with Crippen molar-refractivity contribution in [3.8, 4) is 17.6 Å². The Hall–Kier alpha value is -3.21. The van der Waals surface area contributed by atoms with Gasteiger partial charge in [0.05, 0.1) is 19.1 Å². The third kappa shape index (κ3) is 16.4. The maximum atomic E-state index is 13.9. The molecule has 1 heterocycles. The fourth-order valence-corrected chi connectivity index (χ4v) is 7.34. The van der Waals surface area contributed by atoms with E-state index in [9.17, 15) is 29.7 Å². The van der Waals surface area contributed by atoms with Crippen molar-refractivity contribution in [2.24, 2.45) is 5.92 Å². The maximum Gasteiger partial charge on any atom is 0.336 e. The Morgan fingerprint density at radius 2 is 1.56 bits per heavy atom. The molecule has 2 rings (SSSR count). The lowest BCUT2D eigenvalue weighted by Gasteiger charge is -2.37. The number of carboxylic acid groups (broad SMARTS) is 2. The first-order valence-electron chi connectivity index (χ1n) is 20.2. The van der Waals surface area contributed by atoms with Crippen LogP contribution in [0.25, 0.3) is 0 Å². The molecular weight excluding hydrogens is 719 g/mol. The zero-order valence-electron chi connectivity index (χ0n) is 34.5. The minimum Gasteiger partial charge on any atom is -0.481 e. The highest BCUT2D eigenvalue weighted by Gasteiger charge is 2.48. The zero-order chi connectivity index (χ0) is 41.0. The molecule has 0 spiro atoms. The first kappa shape index (κ1) is 47.9. The van der Waals surface area contributed by atoms with Crippen LogP contribution in [0.5, 0.6) is 5.75 Å². The summed E-state index contributed by atoms with van der Waals surface area (Å²) >= 11 is 0. The molecule has 0 bridgehead atoms.